The van der Waals surface area contributed by atoms with Crippen LogP contribution in [-0.2, 0) is 9.53 Å². The van der Waals surface area contributed by atoms with Gasteiger partial charge in [0.05, 0.1) is 11.3 Å². The number of thiazole rings is 1. The fourth-order valence-electron chi connectivity index (χ4n) is 2.09. The van der Waals surface area contributed by atoms with Crippen molar-refractivity contribution in [1.82, 2.24) is 9.97 Å². The summed E-state index contributed by atoms with van der Waals surface area (Å²) in [4.78, 5) is 32.0. The largest absolute Gasteiger partial charge is 0.452 e. The van der Waals surface area contributed by atoms with Crippen LogP contribution in [0.5, 0.6) is 0 Å². The van der Waals surface area contributed by atoms with E-state index in [1.54, 1.807) is 0 Å². The average molecular weight is 388 g/mol. The number of hydrogen-bond donors (Lipinski definition) is 1. The fourth-order valence-corrected chi connectivity index (χ4v) is 3.00. The summed E-state index contributed by atoms with van der Waals surface area (Å²) in [6.07, 6.45) is 1.39. The van der Waals surface area contributed by atoms with Gasteiger partial charge in [0.2, 0.25) is 0 Å². The molecule has 0 fully saturated rings. The summed E-state index contributed by atoms with van der Waals surface area (Å²) >= 11 is 7.02. The zero-order chi connectivity index (χ0) is 18.5. The lowest BCUT2D eigenvalue weighted by Gasteiger charge is -2.04. The molecule has 8 heteroatoms. The number of anilines is 1. The molecular weight excluding hydrogens is 374 g/mol. The molecule has 3 aromatic rings. The minimum Gasteiger partial charge on any atom is -0.452 e. The Morgan fingerprint density at radius 2 is 2.00 bits per heavy atom. The van der Waals surface area contributed by atoms with Gasteiger partial charge >= 0.3 is 5.97 Å². The van der Waals surface area contributed by atoms with E-state index < -0.39 is 18.5 Å². The minimum absolute atomic E-state index is 0.176. The van der Waals surface area contributed by atoms with Gasteiger partial charge < -0.3 is 4.74 Å². The molecule has 3 rings (SSSR count). The number of halogens is 1. The molecule has 132 valence electrons. The van der Waals surface area contributed by atoms with Gasteiger partial charge in [-0.05, 0) is 19.1 Å². The van der Waals surface area contributed by atoms with Gasteiger partial charge in [0.1, 0.15) is 5.15 Å². The number of hydrogen-bond acceptors (Lipinski definition) is 6. The molecule has 0 saturated carbocycles. The van der Waals surface area contributed by atoms with Crippen molar-refractivity contribution in [3.8, 4) is 11.3 Å². The van der Waals surface area contributed by atoms with Gasteiger partial charge in [-0.3, -0.25) is 10.1 Å². The fraction of sp³-hybridized carbons (Fsp3) is 0.111. The summed E-state index contributed by atoms with van der Waals surface area (Å²) in [5, 5.41) is 5.08. The molecule has 0 saturated heterocycles. The van der Waals surface area contributed by atoms with Crippen LogP contribution >= 0.6 is 22.9 Å². The van der Waals surface area contributed by atoms with Gasteiger partial charge in [-0.2, -0.15) is 0 Å². The second kappa shape index (κ2) is 8.07. The van der Waals surface area contributed by atoms with Gasteiger partial charge in [0.15, 0.2) is 11.7 Å². The Labute approximate surface area is 158 Å². The minimum atomic E-state index is -0.649. The molecular formula is C18H14ClN3O3S. The van der Waals surface area contributed by atoms with E-state index in [1.165, 1.54) is 29.7 Å². The first-order valence-electron chi connectivity index (χ1n) is 7.62. The molecule has 0 bridgehead atoms. The van der Waals surface area contributed by atoms with Crippen LogP contribution in [0.2, 0.25) is 5.15 Å². The summed E-state index contributed by atoms with van der Waals surface area (Å²) in [6.45, 7) is 1.59. The van der Waals surface area contributed by atoms with Gasteiger partial charge in [-0.1, -0.05) is 41.4 Å². The Kier molecular flexibility index (Phi) is 5.60. The summed E-state index contributed by atoms with van der Waals surface area (Å²) in [5.74, 6) is -1.12. The first kappa shape index (κ1) is 18.0. The third-order valence-corrected chi connectivity index (χ3v) is 4.36. The van der Waals surface area contributed by atoms with Crippen LogP contribution in [0.1, 0.15) is 15.9 Å². The lowest BCUT2D eigenvalue weighted by Crippen LogP contribution is -2.20. The number of nitrogens with one attached hydrogen (secondary N) is 1. The number of amides is 1. The second-order valence-corrected chi connectivity index (χ2v) is 6.64. The van der Waals surface area contributed by atoms with E-state index in [0.717, 1.165) is 16.8 Å². The van der Waals surface area contributed by atoms with Gasteiger partial charge in [-0.15, -0.1) is 11.3 Å². The topological polar surface area (TPSA) is 81.2 Å². The van der Waals surface area contributed by atoms with Crippen LogP contribution in [0.3, 0.4) is 0 Å². The molecule has 0 unspecified atom stereocenters. The molecule has 0 spiro atoms. The Hall–Kier alpha value is -2.77. The number of carbonyl (C=O) groups is 2. The number of aryl methyl sites for hydroxylation is 1. The van der Waals surface area contributed by atoms with E-state index in [2.05, 4.69) is 15.3 Å². The van der Waals surface area contributed by atoms with E-state index >= 15 is 0 Å². The molecule has 1 aromatic carbocycles. The number of benzene rings is 1. The average Bonchev–Trinajstić information content (AvgIpc) is 3.08. The van der Waals surface area contributed by atoms with Crippen molar-refractivity contribution in [3.63, 3.8) is 0 Å². The van der Waals surface area contributed by atoms with E-state index in [1.807, 2.05) is 36.6 Å². The number of ether oxygens (including phenoxy) is 1. The molecule has 0 aliphatic carbocycles. The third-order valence-electron chi connectivity index (χ3n) is 3.39. The number of pyridine rings is 1. The zero-order valence-electron chi connectivity index (χ0n) is 13.7. The molecule has 2 heterocycles. The number of carbonyl (C=O) groups excluding carboxylic acids is 2. The first-order valence-corrected chi connectivity index (χ1v) is 8.88. The highest BCUT2D eigenvalue weighted by molar-refractivity contribution is 7.14. The van der Waals surface area contributed by atoms with Crippen molar-refractivity contribution in [2.45, 2.75) is 6.92 Å². The highest BCUT2D eigenvalue weighted by atomic mass is 35.5. The zero-order valence-corrected chi connectivity index (χ0v) is 15.3. The van der Waals surface area contributed by atoms with Crippen LogP contribution < -0.4 is 5.32 Å². The van der Waals surface area contributed by atoms with Crippen LogP contribution in [0.25, 0.3) is 11.3 Å². The maximum atomic E-state index is 11.9. The molecule has 1 N–H and O–H groups in total. The second-order valence-electron chi connectivity index (χ2n) is 5.40. The van der Waals surface area contributed by atoms with Crippen molar-refractivity contribution in [2.75, 3.05) is 11.9 Å². The van der Waals surface area contributed by atoms with E-state index in [-0.39, 0.29) is 10.7 Å². The number of esters is 1. The lowest BCUT2D eigenvalue weighted by molar-refractivity contribution is -0.119. The lowest BCUT2D eigenvalue weighted by atomic mass is 10.1. The quantitative estimate of drug-likeness (QED) is 0.529. The predicted molar refractivity (Wildman–Crippen MR) is 100 cm³/mol. The Morgan fingerprint density at radius 1 is 1.23 bits per heavy atom. The normalized spacial score (nSPS) is 10.4. The highest BCUT2D eigenvalue weighted by Crippen LogP contribution is 2.25. The highest BCUT2D eigenvalue weighted by Gasteiger charge is 2.13. The molecule has 2 aromatic heterocycles. The molecule has 0 radical (unpaired) electrons. The number of rotatable bonds is 5. The van der Waals surface area contributed by atoms with Gasteiger partial charge in [0.25, 0.3) is 5.91 Å². The summed E-state index contributed by atoms with van der Waals surface area (Å²) < 4.78 is 4.96. The standard InChI is InChI=1S/C18H14ClN3O3S/c1-11-2-4-12(5-3-11)14-10-26-18(21-14)22-16(23)9-25-17(24)13-6-7-20-15(19)8-13/h2-8,10H,9H2,1H3,(H,21,22,23). The Balaban J connectivity index is 1.55. The van der Waals surface area contributed by atoms with Crippen molar-refractivity contribution in [2.24, 2.45) is 0 Å². The number of nitrogens with zero attached hydrogens (tertiary/aromatic N) is 2. The molecule has 26 heavy (non-hydrogen) atoms. The van der Waals surface area contributed by atoms with Crippen LogP contribution in [0, 0.1) is 6.92 Å². The smallest absolute Gasteiger partial charge is 0.338 e. The van der Waals surface area contributed by atoms with Crippen molar-refractivity contribution >= 4 is 39.9 Å². The first-order chi connectivity index (χ1) is 12.5. The molecule has 0 atom stereocenters. The molecule has 1 amide bonds. The van der Waals surface area contributed by atoms with Gasteiger partial charge in [-0.25, -0.2) is 14.8 Å². The molecule has 0 aliphatic rings. The molecule has 0 aliphatic heterocycles. The van der Waals surface area contributed by atoms with Crippen molar-refractivity contribution in [1.29, 1.82) is 0 Å². The SMILES string of the molecule is Cc1ccc(-c2csc(NC(=O)COC(=O)c3ccnc(Cl)c3)n2)cc1. The van der Waals surface area contributed by atoms with Crippen LogP contribution in [0.4, 0.5) is 5.13 Å². The van der Waals surface area contributed by atoms with Crippen molar-refractivity contribution < 1.29 is 14.3 Å². The summed E-state index contributed by atoms with van der Waals surface area (Å²) in [5.41, 5.74) is 3.13. The van der Waals surface area contributed by atoms with E-state index in [0.29, 0.717) is 5.13 Å². The number of aromatic nitrogens is 2. The summed E-state index contributed by atoms with van der Waals surface area (Å²) in [6, 6.07) is 10.8. The Morgan fingerprint density at radius 3 is 2.73 bits per heavy atom. The van der Waals surface area contributed by atoms with Crippen molar-refractivity contribution in [3.05, 3.63) is 64.3 Å². The maximum Gasteiger partial charge on any atom is 0.338 e. The molecule has 6 nitrogen and oxygen atoms in total. The monoisotopic (exact) mass is 387 g/mol. The van der Waals surface area contributed by atoms with E-state index in [4.69, 9.17) is 16.3 Å². The van der Waals surface area contributed by atoms with Crippen LogP contribution in [-0.4, -0.2) is 28.5 Å². The van der Waals surface area contributed by atoms with Crippen LogP contribution in [0.15, 0.2) is 48.0 Å². The maximum absolute atomic E-state index is 11.9. The van der Waals surface area contributed by atoms with E-state index in [9.17, 15) is 9.59 Å². The Bertz CT molecular complexity index is 941. The third kappa shape index (κ3) is 4.65. The predicted octanol–water partition coefficient (Wildman–Crippen LogP) is 3.96. The summed E-state index contributed by atoms with van der Waals surface area (Å²) in [7, 11) is 0. The van der Waals surface area contributed by atoms with Gasteiger partial charge in [0, 0.05) is 17.1 Å².